The van der Waals surface area contributed by atoms with Crippen molar-refractivity contribution in [3.8, 4) is 0 Å². The molecule has 2 rings (SSSR count). The van der Waals surface area contributed by atoms with Gasteiger partial charge in [0, 0.05) is 4.88 Å². The van der Waals surface area contributed by atoms with Crippen LogP contribution in [-0.4, -0.2) is 18.5 Å². The minimum Gasteiger partial charge on any atom is -0.452 e. The summed E-state index contributed by atoms with van der Waals surface area (Å²) in [6, 6.07) is 7.59. The number of ether oxygens (including phenoxy) is 1. The summed E-state index contributed by atoms with van der Waals surface area (Å²) in [5, 5.41) is 4.42. The Labute approximate surface area is 129 Å². The molecule has 2 aromatic rings. The van der Waals surface area contributed by atoms with E-state index in [9.17, 15) is 14.0 Å². The van der Waals surface area contributed by atoms with Crippen LogP contribution in [0.25, 0.3) is 0 Å². The quantitative estimate of drug-likeness (QED) is 0.859. The number of amides is 1. The molecule has 0 aliphatic carbocycles. The van der Waals surface area contributed by atoms with Gasteiger partial charge < -0.3 is 10.1 Å². The van der Waals surface area contributed by atoms with Gasteiger partial charge in [-0.1, -0.05) is 23.7 Å². The maximum absolute atomic E-state index is 13.5. The van der Waals surface area contributed by atoms with E-state index in [1.807, 2.05) is 17.5 Å². The molecule has 1 amide bonds. The minimum absolute atomic E-state index is 0.0565. The smallest absolute Gasteiger partial charge is 0.343 e. The number of thiophene rings is 1. The fraction of sp³-hybridized carbons (Fsp3) is 0.143. The molecule has 7 heteroatoms. The Bertz CT molecular complexity index is 625. The van der Waals surface area contributed by atoms with Crippen molar-refractivity contribution in [1.82, 2.24) is 5.32 Å². The highest BCUT2D eigenvalue weighted by molar-refractivity contribution is 7.09. The van der Waals surface area contributed by atoms with E-state index in [1.165, 1.54) is 23.5 Å². The molecular weight excluding hydrogens is 317 g/mol. The molecule has 0 radical (unpaired) electrons. The maximum Gasteiger partial charge on any atom is 0.343 e. The molecule has 0 atom stereocenters. The molecular formula is C14H11ClFNO3S. The van der Waals surface area contributed by atoms with Crippen molar-refractivity contribution in [2.24, 2.45) is 0 Å². The first-order valence-electron chi connectivity index (χ1n) is 5.98. The Kier molecular flexibility index (Phi) is 5.30. The van der Waals surface area contributed by atoms with Crippen molar-refractivity contribution in [3.63, 3.8) is 0 Å². The van der Waals surface area contributed by atoms with Crippen LogP contribution in [0.4, 0.5) is 4.39 Å². The highest BCUT2D eigenvalue weighted by atomic mass is 35.5. The van der Waals surface area contributed by atoms with Crippen molar-refractivity contribution < 1.29 is 18.7 Å². The van der Waals surface area contributed by atoms with Crippen LogP contribution >= 0.6 is 22.9 Å². The summed E-state index contributed by atoms with van der Waals surface area (Å²) in [6.07, 6.45) is 0. The molecule has 1 aromatic heterocycles. The molecule has 0 saturated carbocycles. The number of esters is 1. The van der Waals surface area contributed by atoms with E-state index in [4.69, 9.17) is 16.3 Å². The average Bonchev–Trinajstić information content (AvgIpc) is 2.96. The van der Waals surface area contributed by atoms with E-state index in [1.54, 1.807) is 0 Å². The van der Waals surface area contributed by atoms with Gasteiger partial charge in [0.2, 0.25) is 0 Å². The Morgan fingerprint density at radius 3 is 2.76 bits per heavy atom. The Hall–Kier alpha value is -1.92. The van der Waals surface area contributed by atoms with Gasteiger partial charge in [0.1, 0.15) is 11.4 Å². The molecule has 0 saturated heterocycles. The van der Waals surface area contributed by atoms with Crippen LogP contribution in [0, 0.1) is 5.82 Å². The first-order chi connectivity index (χ1) is 10.1. The lowest BCUT2D eigenvalue weighted by Crippen LogP contribution is -2.28. The zero-order valence-electron chi connectivity index (χ0n) is 10.8. The maximum atomic E-state index is 13.5. The first-order valence-corrected chi connectivity index (χ1v) is 7.24. The van der Waals surface area contributed by atoms with Gasteiger partial charge in [-0.3, -0.25) is 4.79 Å². The fourth-order valence-corrected chi connectivity index (χ4v) is 2.43. The van der Waals surface area contributed by atoms with Gasteiger partial charge in [0.25, 0.3) is 5.91 Å². The minimum atomic E-state index is -0.968. The molecule has 0 aliphatic heterocycles. The lowest BCUT2D eigenvalue weighted by Gasteiger charge is -2.07. The molecule has 0 aliphatic rings. The van der Waals surface area contributed by atoms with Gasteiger partial charge in [-0.15, -0.1) is 11.3 Å². The van der Waals surface area contributed by atoms with E-state index < -0.39 is 24.3 Å². The van der Waals surface area contributed by atoms with Crippen LogP contribution in [-0.2, 0) is 16.1 Å². The largest absolute Gasteiger partial charge is 0.452 e. The molecule has 1 N–H and O–H groups in total. The van der Waals surface area contributed by atoms with Crippen molar-refractivity contribution in [2.45, 2.75) is 6.54 Å². The summed E-state index contributed by atoms with van der Waals surface area (Å²) in [6.45, 7) is -0.136. The Morgan fingerprint density at radius 2 is 2.10 bits per heavy atom. The molecule has 21 heavy (non-hydrogen) atoms. The van der Waals surface area contributed by atoms with Crippen LogP contribution in [0.5, 0.6) is 0 Å². The van der Waals surface area contributed by atoms with Crippen LogP contribution in [0.2, 0.25) is 5.02 Å². The summed E-state index contributed by atoms with van der Waals surface area (Å²) in [5.74, 6) is -2.22. The Balaban J connectivity index is 1.85. The predicted molar refractivity (Wildman–Crippen MR) is 77.9 cm³/mol. The summed E-state index contributed by atoms with van der Waals surface area (Å²) in [4.78, 5) is 24.2. The second kappa shape index (κ2) is 7.19. The normalized spacial score (nSPS) is 10.2. The van der Waals surface area contributed by atoms with Crippen molar-refractivity contribution in [2.75, 3.05) is 6.61 Å². The highest BCUT2D eigenvalue weighted by Gasteiger charge is 2.18. The lowest BCUT2D eigenvalue weighted by atomic mass is 10.2. The van der Waals surface area contributed by atoms with Crippen molar-refractivity contribution in [3.05, 3.63) is 57.0 Å². The number of nitrogens with one attached hydrogen (secondary N) is 1. The van der Waals surface area contributed by atoms with E-state index in [2.05, 4.69) is 5.32 Å². The summed E-state index contributed by atoms with van der Waals surface area (Å²) < 4.78 is 18.2. The fourth-order valence-electron chi connectivity index (χ4n) is 1.55. The van der Waals surface area contributed by atoms with Gasteiger partial charge in [0.15, 0.2) is 6.61 Å². The number of carbonyl (C=O) groups is 2. The zero-order valence-corrected chi connectivity index (χ0v) is 12.3. The first kappa shape index (κ1) is 15.5. The third-order valence-corrected chi connectivity index (χ3v) is 3.73. The second-order valence-corrected chi connectivity index (χ2v) is 5.47. The molecule has 110 valence electrons. The number of benzene rings is 1. The highest BCUT2D eigenvalue weighted by Crippen LogP contribution is 2.19. The van der Waals surface area contributed by atoms with Crippen LogP contribution in [0.1, 0.15) is 15.2 Å². The second-order valence-electron chi connectivity index (χ2n) is 4.03. The molecule has 0 spiro atoms. The van der Waals surface area contributed by atoms with Gasteiger partial charge >= 0.3 is 5.97 Å². The van der Waals surface area contributed by atoms with Crippen LogP contribution < -0.4 is 5.32 Å². The van der Waals surface area contributed by atoms with E-state index in [0.717, 1.165) is 10.9 Å². The molecule has 0 fully saturated rings. The van der Waals surface area contributed by atoms with Crippen LogP contribution in [0.15, 0.2) is 35.7 Å². The standard InChI is InChI=1S/C14H11ClFNO3S/c15-10-4-1-5-11(16)13(10)14(19)20-8-12(18)17-7-9-3-2-6-21-9/h1-6H,7-8H2,(H,17,18). The van der Waals surface area contributed by atoms with Gasteiger partial charge in [0.05, 0.1) is 11.6 Å². The third-order valence-electron chi connectivity index (χ3n) is 2.54. The number of hydrogen-bond donors (Lipinski definition) is 1. The van der Waals surface area contributed by atoms with E-state index >= 15 is 0 Å². The molecule has 0 unspecified atom stereocenters. The lowest BCUT2D eigenvalue weighted by molar-refractivity contribution is -0.124. The monoisotopic (exact) mass is 327 g/mol. The number of hydrogen-bond acceptors (Lipinski definition) is 4. The van der Waals surface area contributed by atoms with E-state index in [0.29, 0.717) is 6.54 Å². The topological polar surface area (TPSA) is 55.4 Å². The van der Waals surface area contributed by atoms with E-state index in [-0.39, 0.29) is 10.6 Å². The molecule has 1 heterocycles. The zero-order chi connectivity index (χ0) is 15.2. The number of halogens is 2. The summed E-state index contributed by atoms with van der Waals surface area (Å²) >= 11 is 7.23. The summed E-state index contributed by atoms with van der Waals surface area (Å²) in [5.41, 5.74) is -0.370. The van der Waals surface area contributed by atoms with Crippen molar-refractivity contribution in [1.29, 1.82) is 0 Å². The van der Waals surface area contributed by atoms with Crippen LogP contribution in [0.3, 0.4) is 0 Å². The molecule has 0 bridgehead atoms. The predicted octanol–water partition coefficient (Wildman–Crippen LogP) is 3.01. The Morgan fingerprint density at radius 1 is 1.29 bits per heavy atom. The van der Waals surface area contributed by atoms with Gasteiger partial charge in [-0.2, -0.15) is 0 Å². The molecule has 1 aromatic carbocycles. The van der Waals surface area contributed by atoms with Crippen molar-refractivity contribution >= 4 is 34.8 Å². The van der Waals surface area contributed by atoms with Gasteiger partial charge in [-0.25, -0.2) is 9.18 Å². The SMILES string of the molecule is O=C(COC(=O)c1c(F)cccc1Cl)NCc1cccs1. The van der Waals surface area contributed by atoms with Gasteiger partial charge in [-0.05, 0) is 23.6 Å². The third kappa shape index (κ3) is 4.27. The number of rotatable bonds is 5. The molecule has 4 nitrogen and oxygen atoms in total. The summed E-state index contributed by atoms with van der Waals surface area (Å²) in [7, 11) is 0. The average molecular weight is 328 g/mol. The number of carbonyl (C=O) groups excluding carboxylic acids is 2.